The van der Waals surface area contributed by atoms with Crippen molar-refractivity contribution in [1.82, 2.24) is 0 Å². The monoisotopic (exact) mass is 937 g/mol. The van der Waals surface area contributed by atoms with Crippen LogP contribution in [0.25, 0.3) is 0 Å². The van der Waals surface area contributed by atoms with E-state index in [1.54, 1.807) is 0 Å². The van der Waals surface area contributed by atoms with E-state index in [1.165, 1.54) is 154 Å². The summed E-state index contributed by atoms with van der Waals surface area (Å²) in [6.45, 7) is 6.48. The molecule has 0 spiro atoms. The van der Waals surface area contributed by atoms with Gasteiger partial charge in [-0.15, -0.1) is 0 Å². The number of hydrogen-bond acceptors (Lipinski definition) is 6. The van der Waals surface area contributed by atoms with Crippen molar-refractivity contribution in [2.24, 2.45) is 0 Å². The number of unbranched alkanes of at least 4 members (excludes halogenated alkanes) is 31. The first-order valence-corrected chi connectivity index (χ1v) is 28.8. The molecule has 1 atom stereocenters. The topological polar surface area (TPSA) is 78.9 Å². The number of rotatable bonds is 52. The second-order valence-electron chi connectivity index (χ2n) is 19.2. The summed E-state index contributed by atoms with van der Waals surface area (Å²) in [6, 6.07) is 0. The highest BCUT2D eigenvalue weighted by Crippen LogP contribution is 2.16. The van der Waals surface area contributed by atoms with Gasteiger partial charge in [-0.1, -0.05) is 248 Å². The Kier molecular flexibility index (Phi) is 53.3. The zero-order chi connectivity index (χ0) is 48.6. The molecule has 0 aromatic heterocycles. The Bertz CT molecular complexity index is 1210. The number of esters is 3. The lowest BCUT2D eigenvalue weighted by molar-refractivity contribution is -0.167. The van der Waals surface area contributed by atoms with Gasteiger partial charge in [-0.2, -0.15) is 0 Å². The molecule has 0 amide bonds. The summed E-state index contributed by atoms with van der Waals surface area (Å²) in [7, 11) is 0. The summed E-state index contributed by atoms with van der Waals surface area (Å²) < 4.78 is 16.8. The Balaban J connectivity index is 4.05. The first kappa shape index (κ1) is 64.1. The molecule has 0 fully saturated rings. The van der Waals surface area contributed by atoms with E-state index in [1.807, 2.05) is 0 Å². The highest BCUT2D eigenvalue weighted by atomic mass is 16.6. The molecule has 0 aliphatic carbocycles. The van der Waals surface area contributed by atoms with Crippen LogP contribution in [0.4, 0.5) is 0 Å². The van der Waals surface area contributed by atoms with Gasteiger partial charge in [0.1, 0.15) is 13.2 Å². The number of carbonyl (C=O) groups is 3. The molecule has 1 unspecified atom stereocenters. The highest BCUT2D eigenvalue weighted by Gasteiger charge is 2.19. The Hall–Kier alpha value is -2.89. The quantitative estimate of drug-likeness (QED) is 0.0262. The standard InChI is InChI=1S/C61H108O6/c1-4-7-10-13-16-19-21-23-24-25-26-27-28-29-30-31-32-33-34-35-36-37-38-39-41-42-45-48-51-54-60(63)66-57-58(56-65-59(62)53-50-47-44-18-15-12-9-6-3)67-61(64)55-52-49-46-43-40-22-20-17-14-11-8-5-2/h7,10,16-17,19-20,23-24,26-27,58H,4-6,8-9,11-15,18,21-22,25,28-57H2,1-3H3/b10-7-,19-16-,20-17-,24-23-,27-26-. The zero-order valence-corrected chi connectivity index (χ0v) is 44.4. The summed E-state index contributed by atoms with van der Waals surface area (Å²) in [5.41, 5.74) is 0. The van der Waals surface area contributed by atoms with E-state index in [4.69, 9.17) is 14.2 Å². The van der Waals surface area contributed by atoms with Crippen molar-refractivity contribution in [2.75, 3.05) is 13.2 Å². The molecular formula is C61H108O6. The van der Waals surface area contributed by atoms with Crippen molar-refractivity contribution in [2.45, 2.75) is 297 Å². The van der Waals surface area contributed by atoms with Crippen molar-refractivity contribution in [3.63, 3.8) is 0 Å². The third-order valence-corrected chi connectivity index (χ3v) is 12.5. The van der Waals surface area contributed by atoms with Gasteiger partial charge in [-0.25, -0.2) is 0 Å². The largest absolute Gasteiger partial charge is 0.462 e. The van der Waals surface area contributed by atoms with Gasteiger partial charge in [-0.05, 0) is 83.5 Å². The van der Waals surface area contributed by atoms with Crippen LogP contribution >= 0.6 is 0 Å². The molecule has 0 aliphatic heterocycles. The predicted molar refractivity (Wildman–Crippen MR) is 288 cm³/mol. The SMILES string of the molecule is CC/C=C\C/C=C\C/C=C\C/C=C\CCCCCCCCCCCCCCCCCCC(=O)OCC(COC(=O)CCCCCCCCCC)OC(=O)CCCCCCC/C=C\CCCCC. The molecule has 0 bridgehead atoms. The van der Waals surface area contributed by atoms with Crippen molar-refractivity contribution in [3.05, 3.63) is 60.8 Å². The molecule has 0 saturated heterocycles. The van der Waals surface area contributed by atoms with E-state index in [0.717, 1.165) is 96.3 Å². The number of allylic oxidation sites excluding steroid dienone is 10. The second-order valence-corrected chi connectivity index (χ2v) is 19.2. The van der Waals surface area contributed by atoms with Crippen molar-refractivity contribution in [3.8, 4) is 0 Å². The maximum atomic E-state index is 12.8. The number of ether oxygens (including phenoxy) is 3. The van der Waals surface area contributed by atoms with Gasteiger partial charge in [-0.3, -0.25) is 14.4 Å². The van der Waals surface area contributed by atoms with Gasteiger partial charge in [0.05, 0.1) is 0 Å². The molecule has 0 saturated carbocycles. The minimum atomic E-state index is -0.772. The fourth-order valence-corrected chi connectivity index (χ4v) is 8.19. The van der Waals surface area contributed by atoms with Crippen LogP contribution in [-0.2, 0) is 28.6 Å². The Morgan fingerprint density at radius 2 is 0.582 bits per heavy atom. The molecule has 0 radical (unpaired) electrons. The van der Waals surface area contributed by atoms with E-state index in [-0.39, 0.29) is 31.1 Å². The minimum Gasteiger partial charge on any atom is -0.462 e. The van der Waals surface area contributed by atoms with Crippen molar-refractivity contribution in [1.29, 1.82) is 0 Å². The van der Waals surface area contributed by atoms with Crippen molar-refractivity contribution >= 4 is 17.9 Å². The van der Waals surface area contributed by atoms with Gasteiger partial charge < -0.3 is 14.2 Å². The summed E-state index contributed by atoms with van der Waals surface area (Å²) in [6.07, 6.45) is 69.6. The maximum absolute atomic E-state index is 12.8. The Morgan fingerprint density at radius 1 is 0.313 bits per heavy atom. The highest BCUT2D eigenvalue weighted by molar-refractivity contribution is 5.71. The minimum absolute atomic E-state index is 0.0740. The van der Waals surface area contributed by atoms with Crippen molar-refractivity contribution < 1.29 is 28.6 Å². The van der Waals surface area contributed by atoms with Gasteiger partial charge in [0.25, 0.3) is 0 Å². The predicted octanol–water partition coefficient (Wildman–Crippen LogP) is 19.2. The Labute approximate surface area is 415 Å². The summed E-state index contributed by atoms with van der Waals surface area (Å²) in [5.74, 6) is -0.878. The molecule has 0 aliphatic rings. The lowest BCUT2D eigenvalue weighted by Gasteiger charge is -2.18. The van der Waals surface area contributed by atoms with Gasteiger partial charge in [0, 0.05) is 19.3 Å². The van der Waals surface area contributed by atoms with Crippen LogP contribution in [0.2, 0.25) is 0 Å². The molecule has 388 valence electrons. The molecule has 67 heavy (non-hydrogen) atoms. The van der Waals surface area contributed by atoms with Gasteiger partial charge in [0.2, 0.25) is 0 Å². The molecule has 0 heterocycles. The second kappa shape index (κ2) is 55.7. The third-order valence-electron chi connectivity index (χ3n) is 12.5. The summed E-state index contributed by atoms with van der Waals surface area (Å²) in [4.78, 5) is 37.9. The smallest absolute Gasteiger partial charge is 0.306 e. The van der Waals surface area contributed by atoms with Crippen LogP contribution in [0.5, 0.6) is 0 Å². The normalized spacial score (nSPS) is 12.5. The third kappa shape index (κ3) is 53.9. The lowest BCUT2D eigenvalue weighted by atomic mass is 10.0. The van der Waals surface area contributed by atoms with Crippen LogP contribution in [0.1, 0.15) is 290 Å². The van der Waals surface area contributed by atoms with Gasteiger partial charge >= 0.3 is 17.9 Å². The maximum Gasteiger partial charge on any atom is 0.306 e. The van der Waals surface area contributed by atoms with Crippen LogP contribution in [-0.4, -0.2) is 37.2 Å². The fourth-order valence-electron chi connectivity index (χ4n) is 8.19. The fraction of sp³-hybridized carbons (Fsp3) is 0.787. The van der Waals surface area contributed by atoms with Crippen LogP contribution < -0.4 is 0 Å². The summed E-state index contributed by atoms with van der Waals surface area (Å²) >= 11 is 0. The lowest BCUT2D eigenvalue weighted by Crippen LogP contribution is -2.30. The van der Waals surface area contributed by atoms with E-state index in [2.05, 4.69) is 81.5 Å². The molecule has 0 aromatic carbocycles. The number of hydrogen-bond donors (Lipinski definition) is 0. The molecule has 0 aromatic rings. The zero-order valence-electron chi connectivity index (χ0n) is 44.4. The van der Waals surface area contributed by atoms with E-state index in [0.29, 0.717) is 19.3 Å². The average Bonchev–Trinajstić information content (AvgIpc) is 3.33. The molecule has 6 heteroatoms. The van der Waals surface area contributed by atoms with E-state index < -0.39 is 6.10 Å². The molecule has 6 nitrogen and oxygen atoms in total. The van der Waals surface area contributed by atoms with Crippen LogP contribution in [0.15, 0.2) is 60.8 Å². The van der Waals surface area contributed by atoms with E-state index >= 15 is 0 Å². The molecule has 0 rings (SSSR count). The van der Waals surface area contributed by atoms with E-state index in [9.17, 15) is 14.4 Å². The average molecular weight is 938 g/mol. The van der Waals surface area contributed by atoms with Gasteiger partial charge in [0.15, 0.2) is 6.10 Å². The van der Waals surface area contributed by atoms with Crippen LogP contribution in [0, 0.1) is 0 Å². The molecular weight excluding hydrogens is 829 g/mol. The molecule has 0 N–H and O–H groups in total. The Morgan fingerprint density at radius 3 is 0.955 bits per heavy atom. The number of carbonyl (C=O) groups excluding carboxylic acids is 3. The first-order chi connectivity index (χ1) is 33.0. The van der Waals surface area contributed by atoms with Crippen LogP contribution in [0.3, 0.4) is 0 Å². The summed E-state index contributed by atoms with van der Waals surface area (Å²) in [5, 5.41) is 0. The first-order valence-electron chi connectivity index (χ1n) is 28.8.